The van der Waals surface area contributed by atoms with Crippen molar-refractivity contribution < 1.29 is 4.74 Å². The van der Waals surface area contributed by atoms with E-state index in [-0.39, 0.29) is 11.6 Å². The lowest BCUT2D eigenvalue weighted by molar-refractivity contribution is 0.0189. The van der Waals surface area contributed by atoms with Gasteiger partial charge in [0.25, 0.3) is 0 Å². The first-order valence-electron chi connectivity index (χ1n) is 5.75. The first-order valence-corrected chi connectivity index (χ1v) is 6.63. The molecule has 16 heavy (non-hydrogen) atoms. The van der Waals surface area contributed by atoms with Gasteiger partial charge in [-0.3, -0.25) is 0 Å². The first kappa shape index (κ1) is 13.6. The Balaban J connectivity index is 2.65. The van der Waals surface area contributed by atoms with Crippen LogP contribution in [-0.4, -0.2) is 18.1 Å². The Bertz CT molecular complexity index is 323. The van der Waals surface area contributed by atoms with Crippen LogP contribution < -0.4 is 5.73 Å². The fourth-order valence-electron chi connectivity index (χ4n) is 1.51. The summed E-state index contributed by atoms with van der Waals surface area (Å²) in [4.78, 5) is 4.59. The number of hydrogen-bond acceptors (Lipinski definition) is 4. The van der Waals surface area contributed by atoms with E-state index in [0.29, 0.717) is 0 Å². The van der Waals surface area contributed by atoms with Crippen molar-refractivity contribution in [2.45, 2.75) is 51.7 Å². The third-order valence-electron chi connectivity index (χ3n) is 2.71. The Labute approximate surface area is 102 Å². The van der Waals surface area contributed by atoms with E-state index in [1.54, 1.807) is 18.4 Å². The fraction of sp³-hybridized carbons (Fsp3) is 0.750. The molecule has 3 nitrogen and oxygen atoms in total. The molecule has 0 aromatic carbocycles. The van der Waals surface area contributed by atoms with Gasteiger partial charge in [-0.15, -0.1) is 11.3 Å². The number of methoxy groups -OCH3 is 1. The van der Waals surface area contributed by atoms with E-state index in [2.05, 4.69) is 17.3 Å². The van der Waals surface area contributed by atoms with Crippen LogP contribution >= 0.6 is 11.3 Å². The molecule has 1 rings (SSSR count). The van der Waals surface area contributed by atoms with Crippen molar-refractivity contribution in [2.24, 2.45) is 5.73 Å². The molecule has 92 valence electrons. The smallest absolute Gasteiger partial charge is 0.124 e. The zero-order chi connectivity index (χ0) is 12.2. The van der Waals surface area contributed by atoms with Crippen LogP contribution in [0, 0.1) is 0 Å². The summed E-state index contributed by atoms with van der Waals surface area (Å²) in [5.41, 5.74) is 6.80. The maximum absolute atomic E-state index is 6.00. The topological polar surface area (TPSA) is 48.1 Å². The molecular weight excluding hydrogens is 220 g/mol. The predicted octanol–water partition coefficient (Wildman–Crippen LogP) is 2.69. The third-order valence-corrected chi connectivity index (χ3v) is 3.90. The maximum atomic E-state index is 6.00. The molecule has 0 bridgehead atoms. The molecule has 1 aromatic heterocycles. The van der Waals surface area contributed by atoms with Crippen LogP contribution in [0.4, 0.5) is 0 Å². The van der Waals surface area contributed by atoms with Crippen molar-refractivity contribution in [3.8, 4) is 0 Å². The lowest BCUT2D eigenvalue weighted by Crippen LogP contribution is -2.23. The fourth-order valence-corrected chi connectivity index (χ4v) is 2.44. The molecule has 1 unspecified atom stereocenters. The summed E-state index contributed by atoms with van der Waals surface area (Å²) >= 11 is 1.65. The van der Waals surface area contributed by atoms with E-state index >= 15 is 0 Å². The highest BCUT2D eigenvalue weighted by Crippen LogP contribution is 2.27. The van der Waals surface area contributed by atoms with Crippen molar-refractivity contribution in [3.63, 3.8) is 0 Å². The van der Waals surface area contributed by atoms with Gasteiger partial charge in [-0.25, -0.2) is 4.98 Å². The predicted molar refractivity (Wildman–Crippen MR) is 68.7 cm³/mol. The summed E-state index contributed by atoms with van der Waals surface area (Å²) in [6.07, 6.45) is 3.05. The molecular formula is C12H22N2OS. The molecule has 0 aliphatic heterocycles. The normalized spacial score (nSPS) is 14.1. The molecule has 0 spiro atoms. The number of hydrogen-bond donors (Lipinski definition) is 1. The number of nitrogens with two attached hydrogens (primary N) is 1. The molecule has 0 fully saturated rings. The van der Waals surface area contributed by atoms with E-state index in [1.165, 1.54) is 0 Å². The lowest BCUT2D eigenvalue weighted by atomic mass is 10.1. The van der Waals surface area contributed by atoms with Gasteiger partial charge >= 0.3 is 0 Å². The lowest BCUT2D eigenvalue weighted by Gasteiger charge is -2.19. The summed E-state index contributed by atoms with van der Waals surface area (Å²) in [6.45, 7) is 6.21. The van der Waals surface area contributed by atoms with Crippen LogP contribution in [0.1, 0.15) is 44.3 Å². The average molecular weight is 242 g/mol. The van der Waals surface area contributed by atoms with Crippen LogP contribution in [0.25, 0.3) is 0 Å². The molecule has 0 saturated carbocycles. The van der Waals surface area contributed by atoms with E-state index in [9.17, 15) is 0 Å². The zero-order valence-corrected chi connectivity index (χ0v) is 11.4. The van der Waals surface area contributed by atoms with E-state index in [0.717, 1.165) is 30.0 Å². The van der Waals surface area contributed by atoms with Gasteiger partial charge in [-0.1, -0.05) is 13.3 Å². The summed E-state index contributed by atoms with van der Waals surface area (Å²) < 4.78 is 5.41. The Morgan fingerprint density at radius 3 is 2.81 bits per heavy atom. The first-order chi connectivity index (χ1) is 7.49. The maximum Gasteiger partial charge on any atom is 0.124 e. The van der Waals surface area contributed by atoms with Gasteiger partial charge in [0.15, 0.2) is 0 Å². The number of thiazole rings is 1. The molecule has 4 heteroatoms. The van der Waals surface area contributed by atoms with Crippen LogP contribution in [0.15, 0.2) is 5.38 Å². The molecule has 1 heterocycles. The van der Waals surface area contributed by atoms with Crippen molar-refractivity contribution >= 4 is 11.3 Å². The van der Waals surface area contributed by atoms with Gasteiger partial charge in [0.2, 0.25) is 0 Å². The molecule has 1 aromatic rings. The van der Waals surface area contributed by atoms with E-state index in [4.69, 9.17) is 10.5 Å². The highest BCUT2D eigenvalue weighted by Gasteiger charge is 2.23. The monoisotopic (exact) mass is 242 g/mol. The minimum atomic E-state index is -0.294. The van der Waals surface area contributed by atoms with Crippen LogP contribution in [0.2, 0.25) is 0 Å². The SMILES string of the molecule is CCCC(N)Cc1csc(C(C)(C)OC)n1. The summed E-state index contributed by atoms with van der Waals surface area (Å²) in [7, 11) is 1.71. The molecule has 0 amide bonds. The van der Waals surface area contributed by atoms with Gasteiger partial charge in [-0.05, 0) is 20.3 Å². The standard InChI is InChI=1S/C12H22N2OS/c1-5-6-9(13)7-10-8-16-11(14-10)12(2,3)15-4/h8-9H,5-7,13H2,1-4H3. The van der Waals surface area contributed by atoms with Crippen LogP contribution in [-0.2, 0) is 16.8 Å². The van der Waals surface area contributed by atoms with Gasteiger partial charge in [0, 0.05) is 25.0 Å². The van der Waals surface area contributed by atoms with Crippen molar-refractivity contribution in [2.75, 3.05) is 7.11 Å². The number of ether oxygens (including phenoxy) is 1. The van der Waals surface area contributed by atoms with Gasteiger partial charge in [0.1, 0.15) is 10.6 Å². The Morgan fingerprint density at radius 1 is 1.56 bits per heavy atom. The van der Waals surface area contributed by atoms with Crippen LogP contribution in [0.3, 0.4) is 0 Å². The van der Waals surface area contributed by atoms with Crippen molar-refractivity contribution in [1.29, 1.82) is 0 Å². The summed E-state index contributed by atoms with van der Waals surface area (Å²) in [5.74, 6) is 0. The molecule has 0 aliphatic carbocycles. The zero-order valence-electron chi connectivity index (χ0n) is 10.6. The van der Waals surface area contributed by atoms with E-state index in [1.807, 2.05) is 13.8 Å². The van der Waals surface area contributed by atoms with Gasteiger partial charge < -0.3 is 10.5 Å². The molecule has 0 aliphatic rings. The largest absolute Gasteiger partial charge is 0.372 e. The molecule has 0 saturated heterocycles. The quantitative estimate of drug-likeness (QED) is 0.834. The molecule has 2 N–H and O–H groups in total. The summed E-state index contributed by atoms with van der Waals surface area (Å²) in [5, 5.41) is 3.11. The second-order valence-corrected chi connectivity index (χ2v) is 5.47. The third kappa shape index (κ3) is 3.54. The van der Waals surface area contributed by atoms with Gasteiger partial charge in [-0.2, -0.15) is 0 Å². The van der Waals surface area contributed by atoms with Crippen molar-refractivity contribution in [3.05, 3.63) is 16.1 Å². The highest BCUT2D eigenvalue weighted by atomic mass is 32.1. The Hall–Kier alpha value is -0.450. The average Bonchev–Trinajstić information content (AvgIpc) is 2.67. The Kier molecular flexibility index (Phi) is 4.89. The van der Waals surface area contributed by atoms with E-state index < -0.39 is 0 Å². The van der Waals surface area contributed by atoms with Gasteiger partial charge in [0.05, 0.1) is 5.69 Å². The number of nitrogens with zero attached hydrogens (tertiary/aromatic N) is 1. The molecule has 1 atom stereocenters. The van der Waals surface area contributed by atoms with Crippen LogP contribution in [0.5, 0.6) is 0 Å². The minimum absolute atomic E-state index is 0.227. The minimum Gasteiger partial charge on any atom is -0.372 e. The highest BCUT2D eigenvalue weighted by molar-refractivity contribution is 7.09. The number of rotatable bonds is 6. The summed E-state index contributed by atoms with van der Waals surface area (Å²) in [6, 6.07) is 0.227. The Morgan fingerprint density at radius 2 is 2.25 bits per heavy atom. The number of aromatic nitrogens is 1. The second-order valence-electron chi connectivity index (χ2n) is 4.61. The van der Waals surface area contributed by atoms with Crippen molar-refractivity contribution in [1.82, 2.24) is 4.98 Å². The molecule has 0 radical (unpaired) electrons. The second kappa shape index (κ2) is 5.75.